The second-order valence-corrected chi connectivity index (χ2v) is 4.10. The molecule has 1 rings (SSSR count). The Bertz CT molecular complexity index is 263. The highest BCUT2D eigenvalue weighted by Gasteiger charge is 2.09. The minimum Gasteiger partial charge on any atom is -0.363 e. The third-order valence-corrected chi connectivity index (χ3v) is 2.36. The Morgan fingerprint density at radius 2 is 2.23 bits per heavy atom. The second kappa shape index (κ2) is 4.74. The van der Waals surface area contributed by atoms with Crippen LogP contribution in [0.2, 0.25) is 5.15 Å². The molecule has 0 saturated carbocycles. The molecule has 0 aliphatic rings. The van der Waals surface area contributed by atoms with Gasteiger partial charge in [-0.25, -0.2) is 0 Å². The first-order valence-corrected chi connectivity index (χ1v) is 5.09. The van der Waals surface area contributed by atoms with Crippen molar-refractivity contribution in [2.75, 3.05) is 26.0 Å². The van der Waals surface area contributed by atoms with E-state index in [-0.39, 0.29) is 0 Å². The molecule has 0 spiro atoms. The van der Waals surface area contributed by atoms with Crippen LogP contribution in [-0.4, -0.2) is 40.3 Å². The minimum atomic E-state index is 0.316. The summed E-state index contributed by atoms with van der Waals surface area (Å²) >= 11 is 6.90. The molecule has 0 bridgehead atoms. The van der Waals surface area contributed by atoms with E-state index in [2.05, 4.69) is 25.9 Å². The van der Waals surface area contributed by atoms with Crippen molar-refractivity contribution in [2.45, 2.75) is 13.0 Å². The SMILES string of the molecule is CC(CN(C)C)Nc1nsnc1Cl. The van der Waals surface area contributed by atoms with Crippen molar-refractivity contribution >= 4 is 29.1 Å². The van der Waals surface area contributed by atoms with Gasteiger partial charge < -0.3 is 10.2 Å². The van der Waals surface area contributed by atoms with Crippen molar-refractivity contribution in [3.63, 3.8) is 0 Å². The highest BCUT2D eigenvalue weighted by molar-refractivity contribution is 6.99. The maximum Gasteiger partial charge on any atom is 0.186 e. The molecule has 0 fully saturated rings. The van der Waals surface area contributed by atoms with E-state index in [1.165, 1.54) is 0 Å². The van der Waals surface area contributed by atoms with Crippen LogP contribution in [0.4, 0.5) is 5.82 Å². The number of nitrogens with one attached hydrogen (secondary N) is 1. The molecule has 1 heterocycles. The fraction of sp³-hybridized carbons (Fsp3) is 0.714. The first kappa shape index (κ1) is 10.7. The van der Waals surface area contributed by atoms with Gasteiger partial charge in [-0.2, -0.15) is 8.75 Å². The summed E-state index contributed by atoms with van der Waals surface area (Å²) in [4.78, 5) is 2.10. The van der Waals surface area contributed by atoms with Crippen molar-refractivity contribution in [3.8, 4) is 0 Å². The van der Waals surface area contributed by atoms with Gasteiger partial charge in [0.15, 0.2) is 11.0 Å². The Kier molecular flexibility index (Phi) is 3.90. The number of halogens is 1. The molecule has 1 atom stereocenters. The van der Waals surface area contributed by atoms with Crippen molar-refractivity contribution in [3.05, 3.63) is 5.15 Å². The predicted octanol–water partition coefficient (Wildman–Crippen LogP) is 1.55. The highest BCUT2D eigenvalue weighted by atomic mass is 35.5. The number of hydrogen-bond acceptors (Lipinski definition) is 5. The molecule has 1 unspecified atom stereocenters. The average molecular weight is 221 g/mol. The summed E-state index contributed by atoms with van der Waals surface area (Å²) in [6.07, 6.45) is 0. The first-order valence-electron chi connectivity index (χ1n) is 3.99. The monoisotopic (exact) mass is 220 g/mol. The Morgan fingerprint density at radius 3 is 2.69 bits per heavy atom. The normalized spacial score (nSPS) is 13.3. The van der Waals surface area contributed by atoms with Gasteiger partial charge in [-0.15, -0.1) is 0 Å². The number of nitrogens with zero attached hydrogens (tertiary/aromatic N) is 3. The number of likely N-dealkylation sites (N-methyl/N-ethyl adjacent to an activating group) is 1. The fourth-order valence-corrected chi connectivity index (χ4v) is 1.75. The molecule has 1 aromatic heterocycles. The van der Waals surface area contributed by atoms with Crippen molar-refractivity contribution < 1.29 is 0 Å². The third-order valence-electron chi connectivity index (χ3n) is 1.47. The zero-order chi connectivity index (χ0) is 9.84. The molecule has 74 valence electrons. The summed E-state index contributed by atoms with van der Waals surface area (Å²) in [7, 11) is 4.05. The van der Waals surface area contributed by atoms with Gasteiger partial charge in [0.1, 0.15) is 0 Å². The Hall–Kier alpha value is -0.390. The maximum atomic E-state index is 5.78. The Labute approximate surface area is 87.2 Å². The number of aromatic nitrogens is 2. The van der Waals surface area contributed by atoms with E-state index in [1.807, 2.05) is 14.1 Å². The Balaban J connectivity index is 2.45. The number of hydrogen-bond donors (Lipinski definition) is 1. The van der Waals surface area contributed by atoms with E-state index in [0.29, 0.717) is 17.0 Å². The van der Waals surface area contributed by atoms with E-state index in [0.717, 1.165) is 18.3 Å². The molecular weight excluding hydrogens is 208 g/mol. The van der Waals surface area contributed by atoms with Crippen LogP contribution in [0, 0.1) is 0 Å². The van der Waals surface area contributed by atoms with E-state index in [9.17, 15) is 0 Å². The predicted molar refractivity (Wildman–Crippen MR) is 56.6 cm³/mol. The lowest BCUT2D eigenvalue weighted by molar-refractivity contribution is 0.392. The zero-order valence-electron chi connectivity index (χ0n) is 7.91. The van der Waals surface area contributed by atoms with Crippen molar-refractivity contribution in [1.29, 1.82) is 0 Å². The van der Waals surface area contributed by atoms with Crippen LogP contribution in [0.5, 0.6) is 0 Å². The quantitative estimate of drug-likeness (QED) is 0.836. The summed E-state index contributed by atoms with van der Waals surface area (Å²) in [5.74, 6) is 0.681. The van der Waals surface area contributed by atoms with Gasteiger partial charge in [0.25, 0.3) is 0 Å². The standard InChI is InChI=1S/C7H13ClN4S/c1-5(4-12(2)3)9-7-6(8)10-13-11-7/h5H,4H2,1-3H3,(H,9,11). The smallest absolute Gasteiger partial charge is 0.186 e. The zero-order valence-corrected chi connectivity index (χ0v) is 9.48. The van der Waals surface area contributed by atoms with Gasteiger partial charge in [0.2, 0.25) is 0 Å². The van der Waals surface area contributed by atoms with Gasteiger partial charge in [-0.1, -0.05) is 11.6 Å². The molecule has 4 nitrogen and oxygen atoms in total. The lowest BCUT2D eigenvalue weighted by Crippen LogP contribution is -2.29. The lowest BCUT2D eigenvalue weighted by Gasteiger charge is -2.17. The Morgan fingerprint density at radius 1 is 1.54 bits per heavy atom. The fourth-order valence-electron chi connectivity index (χ4n) is 1.09. The van der Waals surface area contributed by atoms with Gasteiger partial charge in [0, 0.05) is 12.6 Å². The summed E-state index contributed by atoms with van der Waals surface area (Å²) in [6, 6.07) is 0.316. The van der Waals surface area contributed by atoms with Crippen LogP contribution in [0.25, 0.3) is 0 Å². The average Bonchev–Trinajstić information content (AvgIpc) is 2.34. The molecule has 13 heavy (non-hydrogen) atoms. The maximum absolute atomic E-state index is 5.78. The summed E-state index contributed by atoms with van der Waals surface area (Å²) in [5, 5.41) is 3.64. The van der Waals surface area contributed by atoms with Gasteiger partial charge in [0.05, 0.1) is 11.7 Å². The van der Waals surface area contributed by atoms with E-state index < -0.39 is 0 Å². The van der Waals surface area contributed by atoms with Crippen LogP contribution < -0.4 is 5.32 Å². The van der Waals surface area contributed by atoms with E-state index >= 15 is 0 Å². The van der Waals surface area contributed by atoms with Crippen LogP contribution in [0.1, 0.15) is 6.92 Å². The summed E-state index contributed by atoms with van der Waals surface area (Å²) in [5.41, 5.74) is 0. The third kappa shape index (κ3) is 3.46. The molecule has 0 aromatic carbocycles. The molecule has 0 saturated heterocycles. The molecule has 0 radical (unpaired) electrons. The van der Waals surface area contributed by atoms with Crippen molar-refractivity contribution in [1.82, 2.24) is 13.6 Å². The number of rotatable bonds is 4. The van der Waals surface area contributed by atoms with Gasteiger partial charge in [-0.3, -0.25) is 0 Å². The molecule has 6 heteroatoms. The largest absolute Gasteiger partial charge is 0.363 e. The molecule has 1 N–H and O–H groups in total. The summed E-state index contributed by atoms with van der Waals surface area (Å²) < 4.78 is 7.90. The van der Waals surface area contributed by atoms with Crippen molar-refractivity contribution in [2.24, 2.45) is 0 Å². The van der Waals surface area contributed by atoms with Crippen LogP contribution >= 0.6 is 23.3 Å². The second-order valence-electron chi connectivity index (χ2n) is 3.21. The minimum absolute atomic E-state index is 0.316. The number of anilines is 1. The van der Waals surface area contributed by atoms with Crippen LogP contribution in [0.15, 0.2) is 0 Å². The highest BCUT2D eigenvalue weighted by Crippen LogP contribution is 2.18. The summed E-state index contributed by atoms with van der Waals surface area (Å²) in [6.45, 7) is 3.02. The molecule has 0 aliphatic heterocycles. The topological polar surface area (TPSA) is 41.0 Å². The van der Waals surface area contributed by atoms with Crippen LogP contribution in [-0.2, 0) is 0 Å². The van der Waals surface area contributed by atoms with Gasteiger partial charge >= 0.3 is 0 Å². The van der Waals surface area contributed by atoms with Crippen LogP contribution in [0.3, 0.4) is 0 Å². The molecule has 0 amide bonds. The molecule has 1 aromatic rings. The van der Waals surface area contributed by atoms with E-state index in [4.69, 9.17) is 11.6 Å². The first-order chi connectivity index (χ1) is 6.09. The van der Waals surface area contributed by atoms with Gasteiger partial charge in [-0.05, 0) is 21.0 Å². The molecular formula is C7H13ClN4S. The molecule has 0 aliphatic carbocycles. The van der Waals surface area contributed by atoms with E-state index in [1.54, 1.807) is 0 Å². The lowest BCUT2D eigenvalue weighted by atomic mass is 10.3.